The van der Waals surface area contributed by atoms with Crippen LogP contribution in [0.15, 0.2) is 48.9 Å². The van der Waals surface area contributed by atoms with E-state index in [4.69, 9.17) is 4.74 Å². The fourth-order valence-corrected chi connectivity index (χ4v) is 3.90. The Hall–Kier alpha value is -3.56. The number of anilines is 3. The number of hydrogen-bond acceptors (Lipinski definition) is 8. The van der Waals surface area contributed by atoms with Crippen molar-refractivity contribution in [2.45, 2.75) is 6.04 Å². The molecule has 1 saturated heterocycles. The Morgan fingerprint density at radius 3 is 2.94 bits per heavy atom. The van der Waals surface area contributed by atoms with Gasteiger partial charge in [-0.1, -0.05) is 0 Å². The summed E-state index contributed by atoms with van der Waals surface area (Å²) in [5, 5.41) is 24.2. The average molecular weight is 421 g/mol. The predicted molar refractivity (Wildman–Crippen MR) is 115 cm³/mol. The Morgan fingerprint density at radius 1 is 1.16 bits per heavy atom. The number of nitrogens with one attached hydrogen (secondary N) is 1. The van der Waals surface area contributed by atoms with Crippen molar-refractivity contribution in [2.75, 3.05) is 36.6 Å². The third-order valence-corrected chi connectivity index (χ3v) is 5.44. The van der Waals surface area contributed by atoms with Gasteiger partial charge in [-0.3, -0.25) is 4.98 Å². The van der Waals surface area contributed by atoms with Gasteiger partial charge >= 0.3 is 0 Å². The average Bonchev–Trinajstić information content (AvgIpc) is 2.81. The lowest BCUT2D eigenvalue weighted by atomic mass is 10.1. The molecular formula is C22H20FN5O3. The molecule has 0 radical (unpaired) electrons. The molecule has 0 spiro atoms. The van der Waals surface area contributed by atoms with E-state index in [1.165, 1.54) is 6.33 Å². The molecule has 2 aromatic heterocycles. The topological polar surface area (TPSA) is 104 Å². The van der Waals surface area contributed by atoms with Crippen molar-refractivity contribution in [3.05, 3.63) is 54.7 Å². The minimum absolute atomic E-state index is 0.0401. The van der Waals surface area contributed by atoms with Crippen LogP contribution in [0.2, 0.25) is 0 Å². The molecule has 0 amide bonds. The van der Waals surface area contributed by atoms with Gasteiger partial charge in [0.15, 0.2) is 5.82 Å². The normalized spacial score (nSPS) is 16.7. The first kappa shape index (κ1) is 19.4. The smallest absolute Gasteiger partial charge is 0.156 e. The van der Waals surface area contributed by atoms with Crippen molar-refractivity contribution in [2.24, 2.45) is 0 Å². The van der Waals surface area contributed by atoms with Crippen LogP contribution in [0.25, 0.3) is 21.8 Å². The van der Waals surface area contributed by atoms with Crippen molar-refractivity contribution >= 4 is 39.0 Å². The van der Waals surface area contributed by atoms with E-state index in [2.05, 4.69) is 20.3 Å². The molecule has 8 nitrogen and oxygen atoms in total. The van der Waals surface area contributed by atoms with E-state index in [-0.39, 0.29) is 29.9 Å². The number of phenolic OH excluding ortho intramolecular Hbond substituents is 1. The summed E-state index contributed by atoms with van der Waals surface area (Å²) in [6.45, 7) is 1.46. The summed E-state index contributed by atoms with van der Waals surface area (Å²) < 4.78 is 20.4. The quantitative estimate of drug-likeness (QED) is 0.462. The highest BCUT2D eigenvalue weighted by molar-refractivity contribution is 5.98. The second-order valence-electron chi connectivity index (χ2n) is 7.31. The summed E-state index contributed by atoms with van der Waals surface area (Å²) in [5.74, 6) is -0.203. The highest BCUT2D eigenvalue weighted by Gasteiger charge is 2.24. The van der Waals surface area contributed by atoms with Gasteiger partial charge in [-0.15, -0.1) is 0 Å². The van der Waals surface area contributed by atoms with E-state index in [1.807, 2.05) is 11.0 Å². The SMILES string of the molecule is OC[C@H]1COCCN1c1cc(O)c2c(Nc3ccc4ncccc4c3F)ncnc2c1. The minimum atomic E-state index is -0.451. The number of fused-ring (bicyclic) bond motifs is 2. The van der Waals surface area contributed by atoms with Crippen LogP contribution in [0.5, 0.6) is 5.75 Å². The van der Waals surface area contributed by atoms with E-state index in [0.29, 0.717) is 41.6 Å². The fourth-order valence-electron chi connectivity index (χ4n) is 3.90. The molecule has 31 heavy (non-hydrogen) atoms. The van der Waals surface area contributed by atoms with E-state index in [9.17, 15) is 14.6 Å². The molecule has 2 aromatic carbocycles. The third kappa shape index (κ3) is 3.47. The zero-order valence-corrected chi connectivity index (χ0v) is 16.5. The molecule has 1 aliphatic heterocycles. The van der Waals surface area contributed by atoms with Crippen molar-refractivity contribution in [1.82, 2.24) is 15.0 Å². The first-order valence-corrected chi connectivity index (χ1v) is 9.89. The zero-order chi connectivity index (χ0) is 21.4. The zero-order valence-electron chi connectivity index (χ0n) is 16.5. The standard InChI is InChI=1S/C22H20FN5O3/c23-21-15-2-1-5-24-16(15)3-4-17(21)27-22-20-18(25-12-26-22)8-13(9-19(20)30)28-6-7-31-11-14(28)10-29/h1-5,8-9,12,14,29-30H,6-7,10-11H2,(H,25,26,27)/t14-/m0/s1. The van der Waals surface area contributed by atoms with E-state index >= 15 is 0 Å². The number of pyridine rings is 1. The second-order valence-corrected chi connectivity index (χ2v) is 7.31. The maximum absolute atomic E-state index is 15.0. The number of nitrogens with zero attached hydrogens (tertiary/aromatic N) is 4. The number of benzene rings is 2. The van der Waals surface area contributed by atoms with Gasteiger partial charge in [0.2, 0.25) is 0 Å². The highest BCUT2D eigenvalue weighted by Crippen LogP contribution is 2.36. The molecule has 1 aliphatic rings. The van der Waals surface area contributed by atoms with Crippen molar-refractivity contribution in [1.29, 1.82) is 0 Å². The van der Waals surface area contributed by atoms with Crippen LogP contribution in [-0.4, -0.2) is 57.6 Å². The molecule has 1 fully saturated rings. The predicted octanol–water partition coefficient (Wildman–Crippen LogP) is 2.96. The fraction of sp³-hybridized carbons (Fsp3) is 0.227. The molecule has 1 atom stereocenters. The molecule has 0 unspecified atom stereocenters. The summed E-state index contributed by atoms with van der Waals surface area (Å²) in [5.41, 5.74) is 1.99. The Morgan fingerprint density at radius 2 is 2.06 bits per heavy atom. The number of aromatic hydroxyl groups is 1. The lowest BCUT2D eigenvalue weighted by Crippen LogP contribution is -2.47. The number of morpholine rings is 1. The van der Waals surface area contributed by atoms with E-state index < -0.39 is 5.82 Å². The molecule has 3 heterocycles. The molecular weight excluding hydrogens is 401 g/mol. The van der Waals surface area contributed by atoms with Gasteiger partial charge in [0.05, 0.1) is 48.0 Å². The monoisotopic (exact) mass is 421 g/mol. The number of aliphatic hydroxyl groups is 1. The van der Waals surface area contributed by atoms with Crippen molar-refractivity contribution in [3.63, 3.8) is 0 Å². The molecule has 4 aromatic rings. The lowest BCUT2D eigenvalue weighted by molar-refractivity contribution is 0.0727. The van der Waals surface area contributed by atoms with Crippen LogP contribution in [0.1, 0.15) is 0 Å². The molecule has 5 rings (SSSR count). The maximum atomic E-state index is 15.0. The van der Waals surface area contributed by atoms with Crippen LogP contribution >= 0.6 is 0 Å². The van der Waals surface area contributed by atoms with Gasteiger partial charge in [0.1, 0.15) is 17.9 Å². The second kappa shape index (κ2) is 7.93. The number of halogens is 1. The van der Waals surface area contributed by atoms with Gasteiger partial charge in [0.25, 0.3) is 0 Å². The summed E-state index contributed by atoms with van der Waals surface area (Å²) in [4.78, 5) is 14.6. The summed E-state index contributed by atoms with van der Waals surface area (Å²) in [6, 6.07) is 9.85. The number of aliphatic hydroxyl groups excluding tert-OH is 1. The van der Waals surface area contributed by atoms with Gasteiger partial charge in [-0.05, 0) is 30.3 Å². The molecule has 3 N–H and O–H groups in total. The molecule has 0 aliphatic carbocycles. The van der Waals surface area contributed by atoms with Gasteiger partial charge < -0.3 is 25.2 Å². The summed E-state index contributed by atoms with van der Waals surface area (Å²) >= 11 is 0. The van der Waals surface area contributed by atoms with E-state index in [1.54, 1.807) is 36.5 Å². The van der Waals surface area contributed by atoms with Crippen LogP contribution in [0.4, 0.5) is 21.6 Å². The lowest BCUT2D eigenvalue weighted by Gasteiger charge is -2.36. The van der Waals surface area contributed by atoms with Crippen LogP contribution in [0.3, 0.4) is 0 Å². The van der Waals surface area contributed by atoms with Gasteiger partial charge in [0, 0.05) is 29.9 Å². The summed E-state index contributed by atoms with van der Waals surface area (Å²) in [6.07, 6.45) is 2.97. The first-order chi connectivity index (χ1) is 15.2. The minimum Gasteiger partial charge on any atom is -0.507 e. The highest BCUT2D eigenvalue weighted by atomic mass is 19.1. The van der Waals surface area contributed by atoms with Gasteiger partial charge in [-0.2, -0.15) is 0 Å². The van der Waals surface area contributed by atoms with Gasteiger partial charge in [-0.25, -0.2) is 14.4 Å². The molecule has 0 bridgehead atoms. The molecule has 9 heteroatoms. The molecule has 158 valence electrons. The Balaban J connectivity index is 1.56. The number of hydrogen-bond donors (Lipinski definition) is 3. The van der Waals surface area contributed by atoms with Crippen LogP contribution in [-0.2, 0) is 4.74 Å². The Labute approximate surface area is 177 Å². The summed E-state index contributed by atoms with van der Waals surface area (Å²) in [7, 11) is 0. The number of phenols is 1. The molecule has 0 saturated carbocycles. The third-order valence-electron chi connectivity index (χ3n) is 5.44. The number of aromatic nitrogens is 3. The number of ether oxygens (including phenoxy) is 1. The van der Waals surface area contributed by atoms with Crippen molar-refractivity contribution < 1.29 is 19.3 Å². The maximum Gasteiger partial charge on any atom is 0.156 e. The van der Waals surface area contributed by atoms with Crippen LogP contribution < -0.4 is 10.2 Å². The largest absolute Gasteiger partial charge is 0.507 e. The van der Waals surface area contributed by atoms with Crippen LogP contribution in [0, 0.1) is 5.82 Å². The van der Waals surface area contributed by atoms with E-state index in [0.717, 1.165) is 5.69 Å². The Kier molecular flexibility index (Phi) is 4.97. The number of rotatable bonds is 4. The Bertz CT molecular complexity index is 1270. The first-order valence-electron chi connectivity index (χ1n) is 9.89. The van der Waals surface area contributed by atoms with Crippen molar-refractivity contribution in [3.8, 4) is 5.75 Å².